The van der Waals surface area contributed by atoms with Crippen LogP contribution < -0.4 is 0 Å². The second-order valence-electron chi connectivity index (χ2n) is 0.707. The Balaban J connectivity index is -0.00000000804. The molecule has 0 aromatic rings. The van der Waals surface area contributed by atoms with Gasteiger partial charge in [-0.15, -0.1) is 12.8 Å². The van der Waals surface area contributed by atoms with Crippen LogP contribution in [0.15, 0.2) is 0 Å². The fraction of sp³-hybridized carbons (Fsp3) is 0.905. The SMILES string of the molecule is C#C.CC.CC.CC.CC.CC.CC.CC.CC.CCC. The molecule has 21 heavy (non-hydrogen) atoms. The van der Waals surface area contributed by atoms with Crippen LogP contribution in [0.2, 0.25) is 0 Å². The molecule has 0 bridgehead atoms. The number of hydrogen-bond acceptors (Lipinski definition) is 0. The predicted octanol–water partition coefficient (Wildman–Crippen LogP) is 9.88. The lowest BCUT2D eigenvalue weighted by Crippen LogP contribution is -1.27. The Bertz CT molecular complexity index is 11.2. The Labute approximate surface area is 144 Å². The quantitative estimate of drug-likeness (QED) is 0.390. The van der Waals surface area contributed by atoms with Crippen molar-refractivity contribution in [2.45, 2.75) is 131 Å². The summed E-state index contributed by atoms with van der Waals surface area (Å²) in [6, 6.07) is 0. The zero-order valence-corrected chi connectivity index (χ0v) is 19.9. The molecule has 0 heterocycles. The molecule has 0 aliphatic carbocycles. The molecule has 0 rings (SSSR count). The first-order valence-corrected chi connectivity index (χ1v) is 9.75. The van der Waals surface area contributed by atoms with Crippen molar-refractivity contribution in [1.29, 1.82) is 0 Å². The van der Waals surface area contributed by atoms with Crippen molar-refractivity contribution in [3.63, 3.8) is 0 Å². The summed E-state index contributed by atoms with van der Waals surface area (Å²) in [4.78, 5) is 0. The van der Waals surface area contributed by atoms with Crippen LogP contribution >= 0.6 is 0 Å². The molecule has 142 valence electrons. The molecule has 0 heteroatoms. The Morgan fingerprint density at radius 1 is 0.333 bits per heavy atom. The van der Waals surface area contributed by atoms with Crippen LogP contribution in [0.4, 0.5) is 0 Å². The van der Waals surface area contributed by atoms with E-state index in [1.807, 2.05) is 111 Å². The molecule has 0 atom stereocenters. The molecule has 0 saturated heterocycles. The average molecular weight is 311 g/mol. The zero-order chi connectivity index (χ0) is 20.7. The largest absolute Gasteiger partial charge is 0.124 e. The third-order valence-corrected chi connectivity index (χ3v) is 0. The molecule has 0 aromatic carbocycles. The lowest BCUT2D eigenvalue weighted by Gasteiger charge is -1.48. The summed E-state index contributed by atoms with van der Waals surface area (Å²) in [7, 11) is 0. The van der Waals surface area contributed by atoms with E-state index in [9.17, 15) is 0 Å². The normalized spacial score (nSPS) is 3.24. The van der Waals surface area contributed by atoms with Gasteiger partial charge in [-0.05, 0) is 0 Å². The van der Waals surface area contributed by atoms with Crippen molar-refractivity contribution in [2.75, 3.05) is 0 Å². The molecule has 0 aliphatic rings. The molecule has 0 radical (unpaired) electrons. The summed E-state index contributed by atoms with van der Waals surface area (Å²) >= 11 is 0. The average Bonchev–Trinajstić information content (AvgIpc) is 2.70. The van der Waals surface area contributed by atoms with Gasteiger partial charge in [0.2, 0.25) is 0 Å². The topological polar surface area (TPSA) is 0 Å². The van der Waals surface area contributed by atoms with Gasteiger partial charge in [0.15, 0.2) is 0 Å². The van der Waals surface area contributed by atoms with Gasteiger partial charge in [0.1, 0.15) is 0 Å². The smallest absolute Gasteiger partial charge is 0.0590 e. The highest BCUT2D eigenvalue weighted by molar-refractivity contribution is 4.47. The van der Waals surface area contributed by atoms with E-state index >= 15 is 0 Å². The van der Waals surface area contributed by atoms with E-state index in [2.05, 4.69) is 26.7 Å². The third-order valence-electron chi connectivity index (χ3n) is 0. The summed E-state index contributed by atoms with van der Waals surface area (Å²) in [5.41, 5.74) is 0. The highest BCUT2D eigenvalue weighted by atomic mass is 13.4. The van der Waals surface area contributed by atoms with Gasteiger partial charge in [0.25, 0.3) is 0 Å². The first-order valence-electron chi connectivity index (χ1n) is 9.75. The van der Waals surface area contributed by atoms with Crippen molar-refractivity contribution in [1.82, 2.24) is 0 Å². The molecule has 0 nitrogen and oxygen atoms in total. The monoisotopic (exact) mass is 310 g/mol. The molecular weight excluding hydrogens is 252 g/mol. The lowest BCUT2D eigenvalue weighted by molar-refractivity contribution is 1.09. The zero-order valence-electron chi connectivity index (χ0n) is 19.9. The van der Waals surface area contributed by atoms with Crippen molar-refractivity contribution in [3.8, 4) is 12.8 Å². The highest BCUT2D eigenvalue weighted by Crippen LogP contribution is 1.56. The molecule has 0 amide bonds. The van der Waals surface area contributed by atoms with E-state index in [1.54, 1.807) is 0 Å². The van der Waals surface area contributed by atoms with E-state index in [0.717, 1.165) is 0 Å². The molecule has 0 N–H and O–H groups in total. The van der Waals surface area contributed by atoms with Crippen LogP contribution in [0.1, 0.15) is 131 Å². The fourth-order valence-electron chi connectivity index (χ4n) is 0. The van der Waals surface area contributed by atoms with Gasteiger partial charge in [-0.1, -0.05) is 131 Å². The molecule has 0 fully saturated rings. The van der Waals surface area contributed by atoms with Gasteiger partial charge in [-0.3, -0.25) is 0 Å². The second kappa shape index (κ2) is 21500. The number of terminal acetylenes is 1. The first-order chi connectivity index (χ1) is 10.4. The number of rotatable bonds is 0. The Morgan fingerprint density at radius 2 is 0.333 bits per heavy atom. The maximum Gasteiger partial charge on any atom is -0.0590 e. The summed E-state index contributed by atoms with van der Waals surface area (Å²) in [6.45, 7) is 36.2. The van der Waals surface area contributed by atoms with Gasteiger partial charge in [-0.2, -0.15) is 0 Å². The second-order valence-corrected chi connectivity index (χ2v) is 0.707. The first kappa shape index (κ1) is 70.5. The van der Waals surface area contributed by atoms with Crippen LogP contribution in [0.5, 0.6) is 0 Å². The highest BCUT2D eigenvalue weighted by Gasteiger charge is 1.35. The molecule has 0 aromatic heterocycles. The minimum absolute atomic E-state index is 1.25. The number of hydrogen-bond donors (Lipinski definition) is 0. The van der Waals surface area contributed by atoms with Gasteiger partial charge < -0.3 is 0 Å². The van der Waals surface area contributed by atoms with E-state index in [4.69, 9.17) is 0 Å². The van der Waals surface area contributed by atoms with Gasteiger partial charge >= 0.3 is 0 Å². The van der Waals surface area contributed by atoms with Crippen LogP contribution in [0, 0.1) is 12.8 Å². The van der Waals surface area contributed by atoms with Gasteiger partial charge in [0, 0.05) is 0 Å². The van der Waals surface area contributed by atoms with Crippen LogP contribution in [-0.2, 0) is 0 Å². The maximum atomic E-state index is 4.00. The van der Waals surface area contributed by atoms with Crippen molar-refractivity contribution in [3.05, 3.63) is 0 Å². The summed E-state index contributed by atoms with van der Waals surface area (Å²) < 4.78 is 0. The lowest BCUT2D eigenvalue weighted by atomic mass is 10.6. The van der Waals surface area contributed by atoms with Crippen molar-refractivity contribution < 1.29 is 0 Å². The minimum Gasteiger partial charge on any atom is -0.124 e. The maximum absolute atomic E-state index is 4.00. The minimum atomic E-state index is 1.25. The summed E-state index contributed by atoms with van der Waals surface area (Å²) in [6.07, 6.45) is 9.25. The Kier molecular flexibility index (Phi) is 72200. The van der Waals surface area contributed by atoms with Crippen LogP contribution in [-0.4, -0.2) is 0 Å². The van der Waals surface area contributed by atoms with Crippen LogP contribution in [0.25, 0.3) is 0 Å². The fourth-order valence-corrected chi connectivity index (χ4v) is 0. The van der Waals surface area contributed by atoms with Crippen LogP contribution in [0.3, 0.4) is 0 Å². The van der Waals surface area contributed by atoms with Gasteiger partial charge in [0.05, 0.1) is 0 Å². The van der Waals surface area contributed by atoms with Crippen molar-refractivity contribution >= 4 is 0 Å². The van der Waals surface area contributed by atoms with E-state index < -0.39 is 0 Å². The standard InChI is InChI=1S/C3H8.8C2H6.C2H2/c1-3-2;9*1-2/h3H2,1-2H3;8*1-2H3;1-2H. The molecule has 0 unspecified atom stereocenters. The molecule has 0 saturated carbocycles. The summed E-state index contributed by atoms with van der Waals surface area (Å²) in [5.74, 6) is 0. The Morgan fingerprint density at radius 3 is 0.333 bits per heavy atom. The van der Waals surface area contributed by atoms with E-state index in [-0.39, 0.29) is 0 Å². The predicted molar refractivity (Wildman–Crippen MR) is 117 cm³/mol. The third kappa shape index (κ3) is 31200. The summed E-state index contributed by atoms with van der Waals surface area (Å²) in [5, 5.41) is 0. The van der Waals surface area contributed by atoms with Gasteiger partial charge in [-0.25, -0.2) is 0 Å². The Hall–Kier alpha value is -0.440. The molecule has 0 aliphatic heterocycles. The van der Waals surface area contributed by atoms with Crippen molar-refractivity contribution in [2.24, 2.45) is 0 Å². The molecular formula is C21H58. The van der Waals surface area contributed by atoms with E-state index in [1.165, 1.54) is 6.42 Å². The molecule has 0 spiro atoms. The van der Waals surface area contributed by atoms with E-state index in [0.29, 0.717) is 0 Å².